The van der Waals surface area contributed by atoms with Gasteiger partial charge in [-0.25, -0.2) is 4.98 Å². The quantitative estimate of drug-likeness (QED) is 0.850. The van der Waals surface area contributed by atoms with E-state index in [1.807, 2.05) is 37.5 Å². The molecule has 92 valence electrons. The first-order valence-electron chi connectivity index (χ1n) is 5.79. The molecule has 0 aliphatic carbocycles. The molecule has 0 saturated carbocycles. The third-order valence-corrected chi connectivity index (χ3v) is 2.97. The van der Waals surface area contributed by atoms with Crippen molar-refractivity contribution >= 4 is 23.4 Å². The Morgan fingerprint density at radius 1 is 1.53 bits per heavy atom. The molecule has 2 aromatic heterocycles. The van der Waals surface area contributed by atoms with Crippen LogP contribution in [-0.2, 0) is 11.3 Å². The van der Waals surface area contributed by atoms with Crippen molar-refractivity contribution in [3.8, 4) is 0 Å². The molecule has 0 saturated heterocycles. The first kappa shape index (κ1) is 12.3. The van der Waals surface area contributed by atoms with Gasteiger partial charge in [-0.2, -0.15) is 0 Å². The second-order valence-electron chi connectivity index (χ2n) is 4.13. The Hall–Kier alpha value is -1.20. The zero-order valence-electron chi connectivity index (χ0n) is 10.4. The summed E-state index contributed by atoms with van der Waals surface area (Å²) >= 11 is 5.31. The van der Waals surface area contributed by atoms with Crippen LogP contribution in [0, 0.1) is 11.7 Å². The van der Waals surface area contributed by atoms with Crippen LogP contribution in [-0.4, -0.2) is 27.2 Å². The van der Waals surface area contributed by atoms with Gasteiger partial charge in [-0.15, -0.1) is 0 Å². The van der Waals surface area contributed by atoms with Crippen LogP contribution in [0.5, 0.6) is 0 Å². The number of ether oxygens (including phenoxy) is 1. The SMILES string of the molecule is CCOC(C)Cn1c(=S)[nH]c2ccc(C)nc21. The molecule has 0 fully saturated rings. The fourth-order valence-electron chi connectivity index (χ4n) is 1.89. The fraction of sp³-hybridized carbons (Fsp3) is 0.500. The fourth-order valence-corrected chi connectivity index (χ4v) is 2.16. The summed E-state index contributed by atoms with van der Waals surface area (Å²) in [5.74, 6) is 0. The minimum absolute atomic E-state index is 0.132. The van der Waals surface area contributed by atoms with Crippen LogP contribution in [0.25, 0.3) is 11.2 Å². The van der Waals surface area contributed by atoms with Crippen molar-refractivity contribution in [3.05, 3.63) is 22.6 Å². The second-order valence-corrected chi connectivity index (χ2v) is 4.52. The van der Waals surface area contributed by atoms with Gasteiger partial charge in [-0.05, 0) is 45.1 Å². The minimum atomic E-state index is 0.132. The molecule has 0 radical (unpaired) electrons. The Balaban J connectivity index is 2.42. The van der Waals surface area contributed by atoms with Gasteiger partial charge in [-0.3, -0.25) is 4.57 Å². The number of hydrogen-bond acceptors (Lipinski definition) is 3. The summed E-state index contributed by atoms with van der Waals surface area (Å²) in [6.07, 6.45) is 0.132. The Morgan fingerprint density at radius 2 is 2.29 bits per heavy atom. The van der Waals surface area contributed by atoms with Crippen LogP contribution < -0.4 is 0 Å². The summed E-state index contributed by atoms with van der Waals surface area (Å²) in [6.45, 7) is 7.45. The summed E-state index contributed by atoms with van der Waals surface area (Å²) in [7, 11) is 0. The van der Waals surface area contributed by atoms with Crippen LogP contribution in [0.4, 0.5) is 0 Å². The van der Waals surface area contributed by atoms with E-state index in [0.717, 1.165) is 23.4 Å². The van der Waals surface area contributed by atoms with Crippen molar-refractivity contribution in [3.63, 3.8) is 0 Å². The number of nitrogens with zero attached hydrogens (tertiary/aromatic N) is 2. The molecule has 0 bridgehead atoms. The maximum absolute atomic E-state index is 5.54. The first-order chi connectivity index (χ1) is 8.11. The lowest BCUT2D eigenvalue weighted by Gasteiger charge is -2.12. The van der Waals surface area contributed by atoms with Crippen molar-refractivity contribution in [2.75, 3.05) is 6.61 Å². The van der Waals surface area contributed by atoms with Crippen LogP contribution in [0.1, 0.15) is 19.5 Å². The lowest BCUT2D eigenvalue weighted by Crippen LogP contribution is -2.16. The molecule has 2 heterocycles. The summed E-state index contributed by atoms with van der Waals surface area (Å²) in [5.41, 5.74) is 2.87. The van der Waals surface area contributed by atoms with E-state index in [4.69, 9.17) is 17.0 Å². The maximum atomic E-state index is 5.54. The summed E-state index contributed by atoms with van der Waals surface area (Å²) in [6, 6.07) is 3.99. The van der Waals surface area contributed by atoms with Gasteiger partial charge in [-0.1, -0.05) is 0 Å². The molecular weight excluding hydrogens is 234 g/mol. The average Bonchev–Trinajstić information content (AvgIpc) is 2.56. The van der Waals surface area contributed by atoms with Gasteiger partial charge in [0.2, 0.25) is 0 Å². The van der Waals surface area contributed by atoms with E-state index in [1.54, 1.807) is 0 Å². The molecule has 2 rings (SSSR count). The molecule has 1 atom stereocenters. The molecule has 4 nitrogen and oxygen atoms in total. The predicted molar refractivity (Wildman–Crippen MR) is 70.7 cm³/mol. The van der Waals surface area contributed by atoms with Crippen molar-refractivity contribution < 1.29 is 4.74 Å². The normalized spacial score (nSPS) is 13.1. The van der Waals surface area contributed by atoms with Crippen molar-refractivity contribution in [2.24, 2.45) is 0 Å². The Kier molecular flexibility index (Phi) is 3.59. The Bertz CT molecular complexity index is 573. The minimum Gasteiger partial charge on any atom is -0.377 e. The van der Waals surface area contributed by atoms with E-state index in [1.165, 1.54) is 0 Å². The molecule has 0 aromatic carbocycles. The molecule has 0 aliphatic heterocycles. The summed E-state index contributed by atoms with van der Waals surface area (Å²) < 4.78 is 8.24. The first-order valence-corrected chi connectivity index (χ1v) is 6.20. The molecule has 2 aromatic rings. The van der Waals surface area contributed by atoms with E-state index in [-0.39, 0.29) is 6.10 Å². The van der Waals surface area contributed by atoms with Gasteiger partial charge in [0.05, 0.1) is 18.2 Å². The maximum Gasteiger partial charge on any atom is 0.179 e. The third-order valence-electron chi connectivity index (χ3n) is 2.65. The Morgan fingerprint density at radius 3 is 3.00 bits per heavy atom. The van der Waals surface area contributed by atoms with E-state index < -0.39 is 0 Å². The number of pyridine rings is 1. The number of aryl methyl sites for hydroxylation is 1. The molecule has 17 heavy (non-hydrogen) atoms. The number of imidazole rings is 1. The zero-order valence-corrected chi connectivity index (χ0v) is 11.2. The smallest absolute Gasteiger partial charge is 0.179 e. The van der Waals surface area contributed by atoms with Gasteiger partial charge < -0.3 is 9.72 Å². The standard InChI is InChI=1S/C12H17N3OS/c1-4-16-9(3)7-15-11-10(14-12(15)17)6-5-8(2)13-11/h5-6,9H,4,7H2,1-3H3,(H,14,17). The van der Waals surface area contributed by atoms with Crippen LogP contribution >= 0.6 is 12.2 Å². The highest BCUT2D eigenvalue weighted by Crippen LogP contribution is 2.13. The van der Waals surface area contributed by atoms with E-state index in [2.05, 4.69) is 9.97 Å². The van der Waals surface area contributed by atoms with Crippen molar-refractivity contribution in [1.82, 2.24) is 14.5 Å². The van der Waals surface area contributed by atoms with E-state index in [9.17, 15) is 0 Å². The van der Waals surface area contributed by atoms with Crippen molar-refractivity contribution in [2.45, 2.75) is 33.4 Å². The van der Waals surface area contributed by atoms with Crippen LogP contribution in [0.3, 0.4) is 0 Å². The molecule has 0 amide bonds. The number of nitrogens with one attached hydrogen (secondary N) is 1. The highest BCUT2D eigenvalue weighted by Gasteiger charge is 2.09. The summed E-state index contributed by atoms with van der Waals surface area (Å²) in [4.78, 5) is 7.68. The predicted octanol–water partition coefficient (Wildman–Crippen LogP) is 2.83. The number of hydrogen-bond donors (Lipinski definition) is 1. The molecule has 1 N–H and O–H groups in total. The van der Waals surface area contributed by atoms with Crippen LogP contribution in [0.15, 0.2) is 12.1 Å². The van der Waals surface area contributed by atoms with Gasteiger partial charge in [0.1, 0.15) is 0 Å². The highest BCUT2D eigenvalue weighted by molar-refractivity contribution is 7.71. The summed E-state index contributed by atoms with van der Waals surface area (Å²) in [5, 5.41) is 0. The van der Waals surface area contributed by atoms with E-state index >= 15 is 0 Å². The largest absolute Gasteiger partial charge is 0.377 e. The number of aromatic amines is 1. The Labute approximate surface area is 106 Å². The average molecular weight is 251 g/mol. The third kappa shape index (κ3) is 2.56. The van der Waals surface area contributed by atoms with Gasteiger partial charge >= 0.3 is 0 Å². The van der Waals surface area contributed by atoms with Crippen molar-refractivity contribution in [1.29, 1.82) is 0 Å². The number of H-pyrrole nitrogens is 1. The number of aromatic nitrogens is 3. The van der Waals surface area contributed by atoms with E-state index in [0.29, 0.717) is 11.4 Å². The number of fused-ring (bicyclic) bond motifs is 1. The molecule has 0 spiro atoms. The van der Waals surface area contributed by atoms with Gasteiger partial charge in [0, 0.05) is 12.3 Å². The molecular formula is C12H17N3OS. The van der Waals surface area contributed by atoms with Gasteiger partial charge in [0.25, 0.3) is 0 Å². The molecule has 5 heteroatoms. The topological polar surface area (TPSA) is 42.8 Å². The lowest BCUT2D eigenvalue weighted by atomic mass is 10.3. The highest BCUT2D eigenvalue weighted by atomic mass is 32.1. The molecule has 1 unspecified atom stereocenters. The monoisotopic (exact) mass is 251 g/mol. The number of rotatable bonds is 4. The zero-order chi connectivity index (χ0) is 12.4. The lowest BCUT2D eigenvalue weighted by molar-refractivity contribution is 0.0644. The van der Waals surface area contributed by atoms with Gasteiger partial charge in [0.15, 0.2) is 10.4 Å². The second kappa shape index (κ2) is 4.98. The molecule has 0 aliphatic rings. The van der Waals surface area contributed by atoms with Crippen LogP contribution in [0.2, 0.25) is 0 Å².